The molecule has 2 nitrogen and oxygen atoms in total. The van der Waals surface area contributed by atoms with Crippen LogP contribution in [0.4, 0.5) is 0 Å². The molecule has 26 heavy (non-hydrogen) atoms. The molecule has 0 rings (SSSR count). The van der Waals surface area contributed by atoms with Crippen LogP contribution in [-0.4, -0.2) is 42.5 Å². The predicted octanol–water partition coefficient (Wildman–Crippen LogP) is 7.26. The van der Waals surface area contributed by atoms with E-state index in [1.54, 1.807) is 0 Å². The van der Waals surface area contributed by atoms with Gasteiger partial charge in [-0.1, -0.05) is 66.2 Å². The molecule has 0 saturated carbocycles. The van der Waals surface area contributed by atoms with Crippen LogP contribution in [0.25, 0.3) is 0 Å². The molecule has 0 amide bonds. The van der Waals surface area contributed by atoms with E-state index in [9.17, 15) is 0 Å². The van der Waals surface area contributed by atoms with Crippen molar-refractivity contribution in [3.05, 3.63) is 0 Å². The molecule has 0 aromatic rings. The minimum absolute atomic E-state index is 0.0691. The lowest BCUT2D eigenvalue weighted by molar-refractivity contribution is -0.121. The lowest BCUT2D eigenvalue weighted by Crippen LogP contribution is -2.17. The Morgan fingerprint density at radius 1 is 0.692 bits per heavy atom. The van der Waals surface area contributed by atoms with E-state index in [-0.39, 0.29) is 6.29 Å². The fourth-order valence-electron chi connectivity index (χ4n) is 2.89. The molecule has 0 spiro atoms. The molecule has 0 radical (unpaired) electrons. The molecule has 3 atom stereocenters. The topological polar surface area (TPSA) is 18.5 Å². The van der Waals surface area contributed by atoms with Gasteiger partial charge >= 0.3 is 0 Å². The van der Waals surface area contributed by atoms with E-state index in [1.165, 1.54) is 62.9 Å². The highest BCUT2D eigenvalue weighted by atomic mass is 32.2. The van der Waals surface area contributed by atoms with Gasteiger partial charge in [0.15, 0.2) is 6.29 Å². The van der Waals surface area contributed by atoms with Crippen LogP contribution in [0.2, 0.25) is 0 Å². The summed E-state index contributed by atoms with van der Waals surface area (Å²) in [5.74, 6) is 6.50. The summed E-state index contributed by atoms with van der Waals surface area (Å²) < 4.78 is 11.6. The normalized spacial score (nSPS) is 15.1. The average molecular weight is 407 g/mol. The second-order valence-electron chi connectivity index (χ2n) is 7.29. The minimum Gasteiger partial charge on any atom is -0.352 e. The van der Waals surface area contributed by atoms with E-state index >= 15 is 0 Å². The first-order valence-corrected chi connectivity index (χ1v) is 13.4. The summed E-state index contributed by atoms with van der Waals surface area (Å²) in [4.78, 5) is 0. The van der Waals surface area contributed by atoms with E-state index in [4.69, 9.17) is 9.47 Å². The maximum absolute atomic E-state index is 5.79. The summed E-state index contributed by atoms with van der Waals surface area (Å²) in [5, 5.41) is 0. The Morgan fingerprint density at radius 3 is 1.46 bits per heavy atom. The Morgan fingerprint density at radius 2 is 1.12 bits per heavy atom. The smallest absolute Gasteiger partial charge is 0.154 e. The molecule has 158 valence electrons. The van der Waals surface area contributed by atoms with Crippen molar-refractivity contribution >= 4 is 23.5 Å². The number of hydrogen-bond acceptors (Lipinski definition) is 4. The molecular formula is C22H46O2S2. The average Bonchev–Trinajstić information content (AvgIpc) is 2.66. The first-order valence-electron chi connectivity index (χ1n) is 11.1. The third-order valence-corrected chi connectivity index (χ3v) is 7.28. The van der Waals surface area contributed by atoms with Crippen molar-refractivity contribution in [1.82, 2.24) is 0 Å². The van der Waals surface area contributed by atoms with Crippen molar-refractivity contribution in [3.8, 4) is 0 Å². The Hall–Kier alpha value is 0.620. The van der Waals surface area contributed by atoms with Gasteiger partial charge in [-0.25, -0.2) is 0 Å². The third-order valence-electron chi connectivity index (χ3n) is 4.95. The number of rotatable bonds is 20. The number of unbranched alkanes of at least 4 members (excludes halogenated alkanes) is 2. The van der Waals surface area contributed by atoms with Crippen molar-refractivity contribution in [3.63, 3.8) is 0 Å². The summed E-state index contributed by atoms with van der Waals surface area (Å²) >= 11 is 4.08. The van der Waals surface area contributed by atoms with E-state index in [0.29, 0.717) is 0 Å². The summed E-state index contributed by atoms with van der Waals surface area (Å²) in [6.45, 7) is 12.8. The molecule has 4 heteroatoms. The van der Waals surface area contributed by atoms with Crippen LogP contribution < -0.4 is 0 Å². The number of ether oxygens (including phenoxy) is 2. The summed E-state index contributed by atoms with van der Waals surface area (Å²) in [6, 6.07) is 0. The lowest BCUT2D eigenvalue weighted by Gasteiger charge is -2.17. The summed E-state index contributed by atoms with van der Waals surface area (Å²) in [7, 11) is 0. The SMILES string of the molecule is CCCC[C@@H](CC)CSCCOC(C)OCCSC[C@@H](CC)CCCC. The quantitative estimate of drug-likeness (QED) is 0.156. The fraction of sp³-hybridized carbons (Fsp3) is 1.00. The second kappa shape index (κ2) is 20.4. The van der Waals surface area contributed by atoms with E-state index in [0.717, 1.165) is 36.6 Å². The highest BCUT2D eigenvalue weighted by Gasteiger charge is 2.08. The molecule has 0 saturated heterocycles. The van der Waals surface area contributed by atoms with Crippen molar-refractivity contribution in [2.24, 2.45) is 11.8 Å². The molecule has 1 unspecified atom stereocenters. The van der Waals surface area contributed by atoms with Gasteiger partial charge in [0.25, 0.3) is 0 Å². The highest BCUT2D eigenvalue weighted by Crippen LogP contribution is 2.19. The van der Waals surface area contributed by atoms with Crippen molar-refractivity contribution in [2.75, 3.05) is 36.2 Å². The Balaban J connectivity index is 3.50. The van der Waals surface area contributed by atoms with E-state index < -0.39 is 0 Å². The van der Waals surface area contributed by atoms with Crippen LogP contribution in [0, 0.1) is 11.8 Å². The zero-order valence-corrected chi connectivity index (χ0v) is 19.9. The van der Waals surface area contributed by atoms with Crippen LogP contribution in [-0.2, 0) is 9.47 Å². The summed E-state index contributed by atoms with van der Waals surface area (Å²) in [5.41, 5.74) is 0. The molecule has 0 fully saturated rings. The maximum atomic E-state index is 5.79. The van der Waals surface area contributed by atoms with Gasteiger partial charge in [0.1, 0.15) is 0 Å². The third kappa shape index (κ3) is 16.8. The zero-order chi connectivity index (χ0) is 19.5. The molecule has 0 N–H and O–H groups in total. The Kier molecular flexibility index (Phi) is 20.8. The second-order valence-corrected chi connectivity index (χ2v) is 9.59. The molecular weight excluding hydrogens is 360 g/mol. The molecule has 0 aliphatic heterocycles. The van der Waals surface area contributed by atoms with E-state index in [1.807, 2.05) is 30.4 Å². The van der Waals surface area contributed by atoms with Crippen LogP contribution in [0.5, 0.6) is 0 Å². The van der Waals surface area contributed by atoms with Crippen molar-refractivity contribution in [2.45, 2.75) is 92.3 Å². The first kappa shape index (κ1) is 26.6. The predicted molar refractivity (Wildman–Crippen MR) is 123 cm³/mol. The van der Waals surface area contributed by atoms with Gasteiger partial charge in [0.05, 0.1) is 13.2 Å². The standard InChI is InChI=1S/C22H46O2S2/c1-6-10-12-21(8-3)18-25-16-14-23-20(5)24-15-17-26-19-22(9-4)13-11-7-2/h20-22H,6-19H2,1-5H3/t20?,21-,22+. The maximum Gasteiger partial charge on any atom is 0.154 e. The molecule has 0 aromatic carbocycles. The molecule has 0 aromatic heterocycles. The van der Waals surface area contributed by atoms with Gasteiger partial charge in [-0.2, -0.15) is 23.5 Å². The van der Waals surface area contributed by atoms with Gasteiger partial charge in [-0.3, -0.25) is 0 Å². The zero-order valence-electron chi connectivity index (χ0n) is 18.3. The van der Waals surface area contributed by atoms with Crippen LogP contribution in [0.3, 0.4) is 0 Å². The van der Waals surface area contributed by atoms with E-state index in [2.05, 4.69) is 27.7 Å². The van der Waals surface area contributed by atoms with Crippen LogP contribution in [0.15, 0.2) is 0 Å². The Labute approximate surface area is 173 Å². The van der Waals surface area contributed by atoms with Gasteiger partial charge in [0, 0.05) is 11.5 Å². The molecule has 0 heterocycles. The van der Waals surface area contributed by atoms with Gasteiger partial charge in [-0.05, 0) is 43.1 Å². The molecule has 0 bridgehead atoms. The van der Waals surface area contributed by atoms with Crippen molar-refractivity contribution < 1.29 is 9.47 Å². The minimum atomic E-state index is -0.0691. The van der Waals surface area contributed by atoms with Gasteiger partial charge in [-0.15, -0.1) is 0 Å². The van der Waals surface area contributed by atoms with Gasteiger partial charge in [0.2, 0.25) is 0 Å². The number of thioether (sulfide) groups is 2. The number of hydrogen-bond donors (Lipinski definition) is 0. The highest BCUT2D eigenvalue weighted by molar-refractivity contribution is 7.99. The lowest BCUT2D eigenvalue weighted by atomic mass is 10.0. The van der Waals surface area contributed by atoms with Crippen molar-refractivity contribution in [1.29, 1.82) is 0 Å². The first-order chi connectivity index (χ1) is 12.7. The van der Waals surface area contributed by atoms with Crippen LogP contribution in [0.1, 0.15) is 86.0 Å². The Bertz CT molecular complexity index is 251. The van der Waals surface area contributed by atoms with Crippen LogP contribution >= 0.6 is 23.5 Å². The monoisotopic (exact) mass is 406 g/mol. The fourth-order valence-corrected chi connectivity index (χ4v) is 5.12. The summed E-state index contributed by atoms with van der Waals surface area (Å²) in [6.07, 6.45) is 10.7. The largest absolute Gasteiger partial charge is 0.352 e. The molecule has 0 aliphatic carbocycles. The van der Waals surface area contributed by atoms with Gasteiger partial charge < -0.3 is 9.47 Å². The molecule has 0 aliphatic rings.